The molecule has 1 aliphatic heterocycles. The zero-order valence-electron chi connectivity index (χ0n) is 11.6. The van der Waals surface area contributed by atoms with Crippen LogP contribution in [0.2, 0.25) is 0 Å². The molecule has 106 valence electrons. The third-order valence-corrected chi connectivity index (χ3v) is 5.45. The summed E-state index contributed by atoms with van der Waals surface area (Å²) in [6, 6.07) is 2.41. The van der Waals surface area contributed by atoms with Crippen molar-refractivity contribution >= 4 is 27.7 Å². The number of pyridine rings is 1. The SMILES string of the molecule is CC1(C)CCN(C(CN)c2cncc(Br)c2)CCS1. The van der Waals surface area contributed by atoms with Crippen molar-refractivity contribution in [2.75, 3.05) is 25.4 Å². The minimum atomic E-state index is 0.277. The highest BCUT2D eigenvalue weighted by Crippen LogP contribution is 2.33. The molecule has 1 atom stereocenters. The average Bonchev–Trinajstić information content (AvgIpc) is 2.52. The molecule has 0 aliphatic carbocycles. The molecular formula is C14H22BrN3S. The molecule has 2 N–H and O–H groups in total. The van der Waals surface area contributed by atoms with Crippen LogP contribution in [0.5, 0.6) is 0 Å². The van der Waals surface area contributed by atoms with E-state index in [9.17, 15) is 0 Å². The van der Waals surface area contributed by atoms with Gasteiger partial charge >= 0.3 is 0 Å². The van der Waals surface area contributed by atoms with Gasteiger partial charge in [0, 0.05) is 53.0 Å². The van der Waals surface area contributed by atoms with Gasteiger partial charge in [0.05, 0.1) is 0 Å². The highest BCUT2D eigenvalue weighted by atomic mass is 79.9. The molecule has 19 heavy (non-hydrogen) atoms. The molecule has 3 nitrogen and oxygen atoms in total. The maximum absolute atomic E-state index is 6.01. The smallest absolute Gasteiger partial charge is 0.0486 e. The lowest BCUT2D eigenvalue weighted by Crippen LogP contribution is -2.36. The van der Waals surface area contributed by atoms with Crippen LogP contribution >= 0.6 is 27.7 Å². The van der Waals surface area contributed by atoms with Gasteiger partial charge in [0.15, 0.2) is 0 Å². The third-order valence-electron chi connectivity index (χ3n) is 3.65. The van der Waals surface area contributed by atoms with Crippen molar-refractivity contribution in [1.82, 2.24) is 9.88 Å². The Morgan fingerprint density at radius 1 is 1.47 bits per heavy atom. The second-order valence-corrected chi connectivity index (χ2v) is 8.30. The van der Waals surface area contributed by atoms with Crippen molar-refractivity contribution in [2.45, 2.75) is 31.1 Å². The van der Waals surface area contributed by atoms with Gasteiger partial charge in [0.25, 0.3) is 0 Å². The topological polar surface area (TPSA) is 42.1 Å². The quantitative estimate of drug-likeness (QED) is 0.915. The predicted molar refractivity (Wildman–Crippen MR) is 86.5 cm³/mol. The Kier molecular flexibility index (Phi) is 5.29. The Balaban J connectivity index is 2.13. The molecule has 0 amide bonds. The summed E-state index contributed by atoms with van der Waals surface area (Å²) in [4.78, 5) is 6.77. The first-order chi connectivity index (χ1) is 9.02. The lowest BCUT2D eigenvalue weighted by Gasteiger charge is -2.30. The number of aromatic nitrogens is 1. The van der Waals surface area contributed by atoms with Gasteiger partial charge < -0.3 is 5.73 Å². The highest BCUT2D eigenvalue weighted by Gasteiger charge is 2.27. The minimum Gasteiger partial charge on any atom is -0.329 e. The van der Waals surface area contributed by atoms with E-state index >= 15 is 0 Å². The van der Waals surface area contributed by atoms with Gasteiger partial charge in [-0.05, 0) is 34.0 Å². The maximum atomic E-state index is 6.01. The summed E-state index contributed by atoms with van der Waals surface area (Å²) in [7, 11) is 0. The van der Waals surface area contributed by atoms with Crippen LogP contribution in [0.25, 0.3) is 0 Å². The monoisotopic (exact) mass is 343 g/mol. The summed E-state index contributed by atoms with van der Waals surface area (Å²) >= 11 is 5.56. The molecule has 1 aromatic rings. The van der Waals surface area contributed by atoms with Gasteiger partial charge in [-0.25, -0.2) is 0 Å². The molecule has 1 aromatic heterocycles. The molecule has 1 saturated heterocycles. The third kappa shape index (κ3) is 4.18. The van der Waals surface area contributed by atoms with Crippen LogP contribution in [0, 0.1) is 0 Å². The van der Waals surface area contributed by atoms with Gasteiger partial charge in [0.1, 0.15) is 0 Å². The molecule has 1 fully saturated rings. The van der Waals surface area contributed by atoms with Crippen molar-refractivity contribution in [3.05, 3.63) is 28.5 Å². The Hall–Kier alpha value is -0.100. The number of hydrogen-bond donors (Lipinski definition) is 1. The van der Waals surface area contributed by atoms with Crippen LogP contribution in [0.15, 0.2) is 22.9 Å². The number of thioether (sulfide) groups is 1. The lowest BCUT2D eigenvalue weighted by molar-refractivity contribution is 0.210. The van der Waals surface area contributed by atoms with Crippen LogP contribution in [0.3, 0.4) is 0 Å². The number of halogens is 1. The van der Waals surface area contributed by atoms with E-state index in [2.05, 4.69) is 57.5 Å². The summed E-state index contributed by atoms with van der Waals surface area (Å²) in [6.45, 7) is 7.51. The standard InChI is InChI=1S/C14H22BrN3S/c1-14(2)3-4-18(5-6-19-14)13(8-16)11-7-12(15)10-17-9-11/h7,9-10,13H,3-6,8,16H2,1-2H3. The predicted octanol–water partition coefficient (Wildman–Crippen LogP) is 3.06. The van der Waals surface area contributed by atoms with Crippen molar-refractivity contribution in [3.63, 3.8) is 0 Å². The van der Waals surface area contributed by atoms with Gasteiger partial charge in [-0.1, -0.05) is 13.8 Å². The number of nitrogens with two attached hydrogens (primary N) is 1. The fourth-order valence-corrected chi connectivity index (χ4v) is 3.95. The van der Waals surface area contributed by atoms with Crippen molar-refractivity contribution < 1.29 is 0 Å². The van der Waals surface area contributed by atoms with Crippen LogP contribution in [0.1, 0.15) is 31.9 Å². The highest BCUT2D eigenvalue weighted by molar-refractivity contribution is 9.10. The Bertz CT molecular complexity index is 425. The van der Waals surface area contributed by atoms with Crippen LogP contribution in [-0.4, -0.2) is 40.0 Å². The molecule has 2 rings (SSSR count). The van der Waals surface area contributed by atoms with Gasteiger partial charge in [0.2, 0.25) is 0 Å². The summed E-state index contributed by atoms with van der Waals surface area (Å²) in [5, 5.41) is 0. The molecule has 0 aromatic carbocycles. The van der Waals surface area contributed by atoms with E-state index in [1.54, 1.807) is 0 Å². The normalized spacial score (nSPS) is 21.9. The molecule has 1 unspecified atom stereocenters. The Labute approximate surface area is 128 Å². The van der Waals surface area contributed by atoms with Crippen LogP contribution in [0.4, 0.5) is 0 Å². The summed E-state index contributed by atoms with van der Waals surface area (Å²) in [5.74, 6) is 1.17. The minimum absolute atomic E-state index is 0.277. The second-order valence-electron chi connectivity index (χ2n) is 5.58. The van der Waals surface area contributed by atoms with E-state index in [0.29, 0.717) is 11.3 Å². The molecule has 0 saturated carbocycles. The van der Waals surface area contributed by atoms with Gasteiger partial charge in [-0.15, -0.1) is 0 Å². The zero-order chi connectivity index (χ0) is 13.9. The first kappa shape index (κ1) is 15.3. The first-order valence-electron chi connectivity index (χ1n) is 6.70. The Morgan fingerprint density at radius 2 is 2.26 bits per heavy atom. The first-order valence-corrected chi connectivity index (χ1v) is 8.48. The molecule has 1 aliphatic rings. The largest absolute Gasteiger partial charge is 0.329 e. The van der Waals surface area contributed by atoms with E-state index < -0.39 is 0 Å². The molecular weight excluding hydrogens is 322 g/mol. The number of rotatable bonds is 3. The fraction of sp³-hybridized carbons (Fsp3) is 0.643. The van der Waals surface area contributed by atoms with Crippen molar-refractivity contribution in [2.24, 2.45) is 5.73 Å². The maximum Gasteiger partial charge on any atom is 0.0486 e. The van der Waals surface area contributed by atoms with E-state index in [1.807, 2.05) is 12.4 Å². The summed E-state index contributed by atoms with van der Waals surface area (Å²) < 4.78 is 1.40. The molecule has 0 bridgehead atoms. The second kappa shape index (κ2) is 6.57. The molecule has 5 heteroatoms. The van der Waals surface area contributed by atoms with E-state index in [0.717, 1.165) is 17.6 Å². The van der Waals surface area contributed by atoms with Crippen LogP contribution in [-0.2, 0) is 0 Å². The number of hydrogen-bond acceptors (Lipinski definition) is 4. The molecule has 0 spiro atoms. The molecule has 0 radical (unpaired) electrons. The van der Waals surface area contributed by atoms with Gasteiger partial charge in [-0.3, -0.25) is 9.88 Å². The zero-order valence-corrected chi connectivity index (χ0v) is 14.0. The average molecular weight is 344 g/mol. The van der Waals surface area contributed by atoms with Crippen molar-refractivity contribution in [1.29, 1.82) is 0 Å². The van der Waals surface area contributed by atoms with Crippen LogP contribution < -0.4 is 5.73 Å². The molecule has 2 heterocycles. The fourth-order valence-electron chi connectivity index (χ4n) is 2.45. The summed E-state index contributed by atoms with van der Waals surface area (Å²) in [6.07, 6.45) is 4.96. The van der Waals surface area contributed by atoms with E-state index in [4.69, 9.17) is 5.73 Å². The summed E-state index contributed by atoms with van der Waals surface area (Å²) in [5.41, 5.74) is 7.22. The van der Waals surface area contributed by atoms with Crippen molar-refractivity contribution in [3.8, 4) is 0 Å². The Morgan fingerprint density at radius 3 is 2.95 bits per heavy atom. The van der Waals surface area contributed by atoms with Gasteiger partial charge in [-0.2, -0.15) is 11.8 Å². The lowest BCUT2D eigenvalue weighted by atomic mass is 10.1. The van der Waals surface area contributed by atoms with E-state index in [1.165, 1.54) is 17.7 Å². The van der Waals surface area contributed by atoms with E-state index in [-0.39, 0.29) is 6.04 Å². The number of nitrogens with zero attached hydrogens (tertiary/aromatic N) is 2.